The van der Waals surface area contributed by atoms with E-state index in [-0.39, 0.29) is 24.4 Å². The molecule has 0 bridgehead atoms. The summed E-state index contributed by atoms with van der Waals surface area (Å²) in [6, 6.07) is 3.49. The molecule has 1 aromatic rings. The minimum absolute atomic E-state index is 0.111. The molecule has 4 nitrogen and oxygen atoms in total. The molecule has 0 unspecified atom stereocenters. The summed E-state index contributed by atoms with van der Waals surface area (Å²) in [5, 5.41) is -0.794. The maximum Gasteiger partial charge on any atom is 0.169 e. The Balaban J connectivity index is 2.05. The van der Waals surface area contributed by atoms with Gasteiger partial charge in [-0.25, -0.2) is 0 Å². The summed E-state index contributed by atoms with van der Waals surface area (Å²) >= 11 is 6.09. The summed E-state index contributed by atoms with van der Waals surface area (Å²) in [6.07, 6.45) is 2.18. The molecule has 1 saturated carbocycles. The normalized spacial score (nSPS) is 25.8. The lowest BCUT2D eigenvalue weighted by atomic mass is 9.69. The van der Waals surface area contributed by atoms with Crippen LogP contribution in [-0.2, 0) is 20.8 Å². The zero-order valence-corrected chi connectivity index (χ0v) is 12.3. The summed E-state index contributed by atoms with van der Waals surface area (Å²) in [5.74, 6) is -1.67. The third-order valence-corrected chi connectivity index (χ3v) is 4.50. The second kappa shape index (κ2) is 5.52. The summed E-state index contributed by atoms with van der Waals surface area (Å²) < 4.78 is 5.13. The fourth-order valence-electron chi connectivity index (χ4n) is 2.51. The summed E-state index contributed by atoms with van der Waals surface area (Å²) in [5.41, 5.74) is -0.590. The van der Waals surface area contributed by atoms with Gasteiger partial charge in [-0.3, -0.25) is 14.4 Å². The van der Waals surface area contributed by atoms with E-state index in [0.29, 0.717) is 12.2 Å². The number of carbonyl (C=O) groups is 3. The van der Waals surface area contributed by atoms with Crippen molar-refractivity contribution in [1.82, 2.24) is 0 Å². The number of furan rings is 1. The molecule has 0 aromatic carbocycles. The van der Waals surface area contributed by atoms with Crippen LogP contribution < -0.4 is 0 Å². The van der Waals surface area contributed by atoms with Gasteiger partial charge < -0.3 is 4.42 Å². The molecule has 0 N–H and O–H groups in total. The average Bonchev–Trinajstić information content (AvgIpc) is 2.86. The van der Waals surface area contributed by atoms with Crippen LogP contribution in [0.5, 0.6) is 0 Å². The van der Waals surface area contributed by atoms with Gasteiger partial charge in [-0.05, 0) is 17.5 Å². The predicted molar refractivity (Wildman–Crippen MR) is 73.6 cm³/mol. The smallest absolute Gasteiger partial charge is 0.169 e. The molecule has 2 rings (SSSR count). The van der Waals surface area contributed by atoms with Crippen LogP contribution in [-0.4, -0.2) is 22.7 Å². The van der Waals surface area contributed by atoms with Crippen molar-refractivity contribution in [2.45, 2.75) is 38.5 Å². The highest BCUT2D eigenvalue weighted by Gasteiger charge is 2.49. The molecule has 20 heavy (non-hydrogen) atoms. The Morgan fingerprint density at radius 3 is 2.75 bits per heavy atom. The third-order valence-electron chi connectivity index (χ3n) is 3.69. The van der Waals surface area contributed by atoms with Crippen molar-refractivity contribution in [2.75, 3.05) is 0 Å². The zero-order chi connectivity index (χ0) is 14.9. The number of aryl methyl sites for hydroxylation is 1. The van der Waals surface area contributed by atoms with Gasteiger partial charge in [0, 0.05) is 19.3 Å². The molecule has 0 saturated heterocycles. The number of rotatable bonds is 4. The van der Waals surface area contributed by atoms with Crippen molar-refractivity contribution in [2.24, 2.45) is 11.3 Å². The summed E-state index contributed by atoms with van der Waals surface area (Å²) in [6.45, 7) is 3.54. The second-order valence-corrected chi connectivity index (χ2v) is 6.31. The second-order valence-electron chi connectivity index (χ2n) is 5.88. The minimum atomic E-state index is -1.19. The molecule has 1 fully saturated rings. The minimum Gasteiger partial charge on any atom is -0.469 e. The highest BCUT2D eigenvalue weighted by Crippen LogP contribution is 2.38. The Kier molecular flexibility index (Phi) is 4.14. The molecule has 0 amide bonds. The van der Waals surface area contributed by atoms with Gasteiger partial charge >= 0.3 is 0 Å². The fourth-order valence-corrected chi connectivity index (χ4v) is 2.72. The van der Waals surface area contributed by atoms with Crippen LogP contribution in [0.1, 0.15) is 32.4 Å². The van der Waals surface area contributed by atoms with Crippen molar-refractivity contribution in [3.05, 3.63) is 24.2 Å². The largest absolute Gasteiger partial charge is 0.469 e. The molecule has 1 aromatic heterocycles. The van der Waals surface area contributed by atoms with E-state index in [1.165, 1.54) is 6.26 Å². The maximum atomic E-state index is 12.2. The molecule has 2 atom stereocenters. The zero-order valence-electron chi connectivity index (χ0n) is 11.5. The Labute approximate surface area is 122 Å². The lowest BCUT2D eigenvalue weighted by Crippen LogP contribution is -2.49. The van der Waals surface area contributed by atoms with Crippen molar-refractivity contribution < 1.29 is 18.8 Å². The molecular formula is C15H17ClO4. The van der Waals surface area contributed by atoms with E-state index < -0.39 is 22.5 Å². The van der Waals surface area contributed by atoms with E-state index in [1.807, 2.05) is 0 Å². The topological polar surface area (TPSA) is 64.3 Å². The average molecular weight is 297 g/mol. The monoisotopic (exact) mass is 296 g/mol. The summed E-state index contributed by atoms with van der Waals surface area (Å²) in [7, 11) is 0. The standard InChI is InChI=1S/C15H17ClO4/c1-15(2)8-11(18)12(13(19)14(15)16)10(17)6-5-9-4-3-7-20-9/h3-4,7,12,14H,5-6,8H2,1-2H3/t12-,14+/m1/s1. The Bertz CT molecular complexity index is 530. The first-order valence-electron chi connectivity index (χ1n) is 6.58. The molecular weight excluding hydrogens is 280 g/mol. The number of carbonyl (C=O) groups excluding carboxylic acids is 3. The highest BCUT2D eigenvalue weighted by molar-refractivity contribution is 6.38. The van der Waals surface area contributed by atoms with Crippen LogP contribution in [0.15, 0.2) is 22.8 Å². The van der Waals surface area contributed by atoms with Crippen LogP contribution in [0, 0.1) is 11.3 Å². The van der Waals surface area contributed by atoms with Crippen molar-refractivity contribution >= 4 is 29.0 Å². The van der Waals surface area contributed by atoms with E-state index in [9.17, 15) is 14.4 Å². The Hall–Kier alpha value is -1.42. The van der Waals surface area contributed by atoms with Gasteiger partial charge in [0.15, 0.2) is 17.3 Å². The predicted octanol–water partition coefficient (Wildman–Crippen LogP) is 2.57. The first kappa shape index (κ1) is 15.0. The van der Waals surface area contributed by atoms with Crippen molar-refractivity contribution in [1.29, 1.82) is 0 Å². The van der Waals surface area contributed by atoms with E-state index >= 15 is 0 Å². The van der Waals surface area contributed by atoms with Crippen LogP contribution >= 0.6 is 11.6 Å². The van der Waals surface area contributed by atoms with Crippen molar-refractivity contribution in [3.8, 4) is 0 Å². The lowest BCUT2D eigenvalue weighted by molar-refractivity contribution is -0.144. The van der Waals surface area contributed by atoms with Gasteiger partial charge in [-0.2, -0.15) is 0 Å². The molecule has 0 aliphatic heterocycles. The number of Topliss-reactive ketones (excluding diaryl/α,β-unsaturated/α-hetero) is 3. The van der Waals surface area contributed by atoms with E-state index in [2.05, 4.69) is 0 Å². The van der Waals surface area contributed by atoms with Gasteiger partial charge in [-0.15, -0.1) is 11.6 Å². The van der Waals surface area contributed by atoms with E-state index in [1.54, 1.807) is 26.0 Å². The Morgan fingerprint density at radius 1 is 1.45 bits per heavy atom. The molecule has 5 heteroatoms. The van der Waals surface area contributed by atoms with Crippen molar-refractivity contribution in [3.63, 3.8) is 0 Å². The molecule has 1 heterocycles. The van der Waals surface area contributed by atoms with Gasteiger partial charge in [0.05, 0.1) is 11.6 Å². The molecule has 1 aliphatic carbocycles. The van der Waals surface area contributed by atoms with E-state index in [4.69, 9.17) is 16.0 Å². The van der Waals surface area contributed by atoms with Gasteiger partial charge in [0.2, 0.25) is 0 Å². The number of hydrogen-bond acceptors (Lipinski definition) is 4. The molecule has 0 spiro atoms. The first-order valence-corrected chi connectivity index (χ1v) is 7.02. The van der Waals surface area contributed by atoms with E-state index in [0.717, 1.165) is 0 Å². The number of halogens is 1. The fraction of sp³-hybridized carbons (Fsp3) is 0.533. The highest BCUT2D eigenvalue weighted by atomic mass is 35.5. The number of ketones is 3. The summed E-state index contributed by atoms with van der Waals surface area (Å²) in [4.78, 5) is 36.3. The first-order chi connectivity index (χ1) is 9.33. The van der Waals surface area contributed by atoms with Crippen LogP contribution in [0.2, 0.25) is 0 Å². The molecule has 0 radical (unpaired) electrons. The van der Waals surface area contributed by atoms with Gasteiger partial charge in [-0.1, -0.05) is 13.8 Å². The van der Waals surface area contributed by atoms with Gasteiger partial charge in [0.25, 0.3) is 0 Å². The third kappa shape index (κ3) is 2.85. The van der Waals surface area contributed by atoms with Crippen LogP contribution in [0.25, 0.3) is 0 Å². The maximum absolute atomic E-state index is 12.2. The van der Waals surface area contributed by atoms with Crippen LogP contribution in [0.4, 0.5) is 0 Å². The number of alkyl halides is 1. The number of hydrogen-bond donors (Lipinski definition) is 0. The Morgan fingerprint density at radius 2 is 2.15 bits per heavy atom. The van der Waals surface area contributed by atoms with Gasteiger partial charge in [0.1, 0.15) is 11.7 Å². The lowest BCUT2D eigenvalue weighted by Gasteiger charge is -2.35. The molecule has 108 valence electrons. The SMILES string of the molecule is CC1(C)CC(=O)[C@@H](C(=O)CCc2ccco2)C(=O)[C@@H]1Cl. The molecule has 1 aliphatic rings. The van der Waals surface area contributed by atoms with Crippen LogP contribution in [0.3, 0.4) is 0 Å². The quantitative estimate of drug-likeness (QED) is 0.633.